The number of hydrogen-bond acceptors (Lipinski definition) is 7. The Morgan fingerprint density at radius 3 is 2.38 bits per heavy atom. The van der Waals surface area contributed by atoms with Gasteiger partial charge in [0, 0.05) is 25.8 Å². The minimum Gasteiger partial charge on any atom is -0.480 e. The van der Waals surface area contributed by atoms with Crippen LogP contribution in [0, 0.1) is 5.41 Å². The van der Waals surface area contributed by atoms with Crippen LogP contribution in [0.4, 0.5) is 0 Å². The molecule has 1 rings (SSSR count). The number of benzene rings is 1. The molecule has 1 aromatic carbocycles. The second-order valence-corrected chi connectivity index (χ2v) is 8.46. The quantitative estimate of drug-likeness (QED) is 0.262. The summed E-state index contributed by atoms with van der Waals surface area (Å²) in [5, 5.41) is 16.8. The number of nitrogens with zero attached hydrogens (tertiary/aromatic N) is 1. The third-order valence-corrected chi connectivity index (χ3v) is 5.75. The Bertz CT molecular complexity index is 791. The number of esters is 1. The lowest BCUT2D eigenvalue weighted by molar-refractivity contribution is -0.137. The minimum atomic E-state index is -3.80. The van der Waals surface area contributed by atoms with E-state index in [4.69, 9.17) is 20.0 Å². The van der Waals surface area contributed by atoms with Crippen molar-refractivity contribution in [1.82, 2.24) is 4.31 Å². The molecule has 0 spiro atoms. The number of rotatable bonds is 14. The molecule has 0 fully saturated rings. The van der Waals surface area contributed by atoms with Gasteiger partial charge in [0.25, 0.3) is 0 Å². The Hall–Kier alpha value is -2.30. The zero-order valence-corrected chi connectivity index (χ0v) is 17.5. The second-order valence-electron chi connectivity index (χ2n) is 6.37. The molecule has 0 bridgehead atoms. The van der Waals surface area contributed by atoms with Crippen LogP contribution in [-0.2, 0) is 24.3 Å². The van der Waals surface area contributed by atoms with Gasteiger partial charge in [-0.1, -0.05) is 13.3 Å². The summed E-state index contributed by atoms with van der Waals surface area (Å²) in [6.45, 7) is 1.16. The van der Waals surface area contributed by atoms with Gasteiger partial charge < -0.3 is 20.0 Å². The van der Waals surface area contributed by atoms with Crippen molar-refractivity contribution in [3.8, 4) is 5.75 Å². The standard InChI is InChI=1S/C19H28N2O7S/c1-3-5-17(20)15-7-9-16(10-8-15)28-19(24)6-4-11-21(14-18(22)23)29(25,26)13-12-27-2/h7-10,20H,3-6,11-14H2,1-2H3,(H,22,23). The summed E-state index contributed by atoms with van der Waals surface area (Å²) < 4.78 is 35.1. The summed E-state index contributed by atoms with van der Waals surface area (Å²) in [5.41, 5.74) is 1.27. The van der Waals surface area contributed by atoms with Gasteiger partial charge in [-0.3, -0.25) is 9.59 Å². The number of ether oxygens (including phenoxy) is 2. The Balaban J connectivity index is 2.57. The first-order chi connectivity index (χ1) is 13.7. The molecule has 9 nitrogen and oxygen atoms in total. The third kappa shape index (κ3) is 9.16. The number of methoxy groups -OCH3 is 1. The number of sulfonamides is 1. The van der Waals surface area contributed by atoms with Crippen LogP contribution < -0.4 is 4.74 Å². The van der Waals surface area contributed by atoms with Gasteiger partial charge in [-0.15, -0.1) is 0 Å². The molecule has 0 aliphatic heterocycles. The van der Waals surface area contributed by atoms with Crippen LogP contribution in [0.3, 0.4) is 0 Å². The van der Waals surface area contributed by atoms with Crippen LogP contribution in [0.1, 0.15) is 38.2 Å². The molecule has 0 radical (unpaired) electrons. The molecule has 10 heteroatoms. The molecule has 0 aliphatic rings. The number of aliphatic carboxylic acids is 1. The summed E-state index contributed by atoms with van der Waals surface area (Å²) in [5.74, 6) is -1.83. The van der Waals surface area contributed by atoms with Crippen LogP contribution in [-0.4, -0.2) is 68.0 Å². The molecule has 0 unspecified atom stereocenters. The van der Waals surface area contributed by atoms with Crippen LogP contribution in [0.15, 0.2) is 24.3 Å². The summed E-state index contributed by atoms with van der Waals surface area (Å²) in [7, 11) is -2.45. The Morgan fingerprint density at radius 1 is 1.17 bits per heavy atom. The van der Waals surface area contributed by atoms with Crippen molar-refractivity contribution in [1.29, 1.82) is 5.41 Å². The molecule has 0 aromatic heterocycles. The van der Waals surface area contributed by atoms with Gasteiger partial charge in [0.05, 0.1) is 12.4 Å². The minimum absolute atomic E-state index is 0.0494. The number of carboxylic acid groups (broad SMARTS) is 1. The van der Waals surface area contributed by atoms with Crippen LogP contribution >= 0.6 is 0 Å². The van der Waals surface area contributed by atoms with Gasteiger partial charge in [-0.25, -0.2) is 8.42 Å². The van der Waals surface area contributed by atoms with Crippen LogP contribution in [0.25, 0.3) is 0 Å². The maximum atomic E-state index is 12.2. The van der Waals surface area contributed by atoms with E-state index in [9.17, 15) is 18.0 Å². The molecule has 0 aliphatic carbocycles. The SMILES string of the molecule is CCCC(=N)c1ccc(OC(=O)CCCN(CC(=O)O)S(=O)(=O)CCOC)cc1. The van der Waals surface area contributed by atoms with Gasteiger partial charge in [0.2, 0.25) is 10.0 Å². The van der Waals surface area contributed by atoms with E-state index in [1.54, 1.807) is 24.3 Å². The van der Waals surface area contributed by atoms with Crippen LogP contribution in [0.5, 0.6) is 5.75 Å². The predicted molar refractivity (Wildman–Crippen MR) is 108 cm³/mol. The van der Waals surface area contributed by atoms with Crippen molar-refractivity contribution < 1.29 is 32.6 Å². The summed E-state index contributed by atoms with van der Waals surface area (Å²) in [6.07, 6.45) is 1.59. The van der Waals surface area contributed by atoms with E-state index in [2.05, 4.69) is 0 Å². The number of carbonyl (C=O) groups is 2. The number of carboxylic acids is 1. The van der Waals surface area contributed by atoms with Crippen molar-refractivity contribution in [2.75, 3.05) is 32.6 Å². The van der Waals surface area contributed by atoms with Crippen molar-refractivity contribution in [2.45, 2.75) is 32.6 Å². The van der Waals surface area contributed by atoms with Crippen molar-refractivity contribution >= 4 is 27.7 Å². The molecule has 29 heavy (non-hydrogen) atoms. The lowest BCUT2D eigenvalue weighted by Crippen LogP contribution is -2.39. The van der Waals surface area contributed by atoms with Crippen molar-refractivity contribution in [3.63, 3.8) is 0 Å². The number of carbonyl (C=O) groups excluding carboxylic acids is 1. The second kappa shape index (κ2) is 12.3. The highest BCUT2D eigenvalue weighted by atomic mass is 32.2. The van der Waals surface area contributed by atoms with Gasteiger partial charge in [-0.2, -0.15) is 4.31 Å². The van der Waals surface area contributed by atoms with E-state index in [0.717, 1.165) is 16.3 Å². The molecule has 0 amide bonds. The average Bonchev–Trinajstić information content (AvgIpc) is 2.66. The monoisotopic (exact) mass is 428 g/mol. The van der Waals surface area contributed by atoms with E-state index in [-0.39, 0.29) is 31.7 Å². The number of nitrogens with one attached hydrogen (secondary N) is 1. The molecule has 162 valence electrons. The zero-order valence-electron chi connectivity index (χ0n) is 16.7. The first kappa shape index (κ1) is 24.7. The first-order valence-corrected chi connectivity index (χ1v) is 10.9. The highest BCUT2D eigenvalue weighted by Gasteiger charge is 2.24. The fourth-order valence-corrected chi connectivity index (χ4v) is 3.84. The molecule has 0 heterocycles. The maximum Gasteiger partial charge on any atom is 0.318 e. The van der Waals surface area contributed by atoms with Gasteiger partial charge in [-0.05, 0) is 42.7 Å². The van der Waals surface area contributed by atoms with Gasteiger partial charge in [0.1, 0.15) is 12.3 Å². The first-order valence-electron chi connectivity index (χ1n) is 9.26. The number of hydrogen-bond donors (Lipinski definition) is 2. The van der Waals surface area contributed by atoms with E-state index >= 15 is 0 Å². The normalized spacial score (nSPS) is 11.4. The Morgan fingerprint density at radius 2 is 1.83 bits per heavy atom. The van der Waals surface area contributed by atoms with Crippen molar-refractivity contribution in [3.05, 3.63) is 29.8 Å². The summed E-state index contributed by atoms with van der Waals surface area (Å²) >= 11 is 0. The fourth-order valence-electron chi connectivity index (χ4n) is 2.49. The zero-order chi connectivity index (χ0) is 21.9. The Labute approximate surface area is 171 Å². The van der Waals surface area contributed by atoms with E-state index in [1.165, 1.54) is 7.11 Å². The van der Waals surface area contributed by atoms with E-state index < -0.39 is 28.5 Å². The lowest BCUT2D eigenvalue weighted by Gasteiger charge is -2.19. The van der Waals surface area contributed by atoms with E-state index in [1.807, 2.05) is 6.92 Å². The summed E-state index contributed by atoms with van der Waals surface area (Å²) in [6, 6.07) is 6.61. The molecule has 2 N–H and O–H groups in total. The average molecular weight is 429 g/mol. The lowest BCUT2D eigenvalue weighted by atomic mass is 10.1. The topological polar surface area (TPSA) is 134 Å². The smallest absolute Gasteiger partial charge is 0.318 e. The Kier molecular flexibility index (Phi) is 10.5. The van der Waals surface area contributed by atoms with Crippen LogP contribution in [0.2, 0.25) is 0 Å². The largest absolute Gasteiger partial charge is 0.480 e. The fraction of sp³-hybridized carbons (Fsp3) is 0.526. The highest BCUT2D eigenvalue weighted by molar-refractivity contribution is 7.89. The molecule has 1 aromatic rings. The highest BCUT2D eigenvalue weighted by Crippen LogP contribution is 2.15. The van der Waals surface area contributed by atoms with E-state index in [0.29, 0.717) is 17.9 Å². The molecule has 0 saturated heterocycles. The van der Waals surface area contributed by atoms with Gasteiger partial charge >= 0.3 is 11.9 Å². The summed E-state index contributed by atoms with van der Waals surface area (Å²) in [4.78, 5) is 22.9. The predicted octanol–water partition coefficient (Wildman–Crippen LogP) is 1.90. The third-order valence-electron chi connectivity index (χ3n) is 3.97. The molecular formula is C19H28N2O7S. The molecule has 0 atom stereocenters. The molecule has 0 saturated carbocycles. The van der Waals surface area contributed by atoms with Gasteiger partial charge in [0.15, 0.2) is 0 Å². The molecular weight excluding hydrogens is 400 g/mol. The maximum absolute atomic E-state index is 12.2. The van der Waals surface area contributed by atoms with Crippen molar-refractivity contribution in [2.24, 2.45) is 0 Å².